The number of ketones is 1. The Morgan fingerprint density at radius 3 is 2.25 bits per heavy atom. The van der Waals surface area contributed by atoms with E-state index >= 15 is 0 Å². The normalized spacial score (nSPS) is 19.0. The van der Waals surface area contributed by atoms with Gasteiger partial charge in [-0.1, -0.05) is 45.9 Å². The number of nitrogens with one attached hydrogen (secondary N) is 1. The first-order valence-corrected chi connectivity index (χ1v) is 7.88. The molecule has 1 saturated heterocycles. The summed E-state index contributed by atoms with van der Waals surface area (Å²) in [6.45, 7) is 9.82. The van der Waals surface area contributed by atoms with Crippen molar-refractivity contribution in [2.75, 3.05) is 6.54 Å². The van der Waals surface area contributed by atoms with Crippen LogP contribution in [0.5, 0.6) is 0 Å². The van der Waals surface area contributed by atoms with Crippen molar-refractivity contribution in [2.24, 2.45) is 0 Å². The summed E-state index contributed by atoms with van der Waals surface area (Å²) in [5, 5.41) is 3.32. The molecule has 0 amide bonds. The summed E-state index contributed by atoms with van der Waals surface area (Å²) >= 11 is 0. The van der Waals surface area contributed by atoms with Gasteiger partial charge in [0.25, 0.3) is 0 Å². The highest BCUT2D eigenvalue weighted by molar-refractivity contribution is 5.87. The fourth-order valence-corrected chi connectivity index (χ4v) is 3.17. The molecule has 0 radical (unpaired) electrons. The third-order valence-electron chi connectivity index (χ3n) is 4.29. The van der Waals surface area contributed by atoms with Crippen LogP contribution >= 0.6 is 0 Å². The van der Waals surface area contributed by atoms with E-state index in [0.717, 1.165) is 19.4 Å². The lowest BCUT2D eigenvalue weighted by Crippen LogP contribution is -2.32. The van der Waals surface area contributed by atoms with E-state index < -0.39 is 0 Å². The summed E-state index contributed by atoms with van der Waals surface area (Å²) in [5.41, 5.74) is 3.95. The lowest BCUT2D eigenvalue weighted by molar-refractivity contribution is -0.120. The van der Waals surface area contributed by atoms with Gasteiger partial charge in [0, 0.05) is 6.42 Å². The van der Waals surface area contributed by atoms with Crippen LogP contribution in [-0.4, -0.2) is 18.4 Å². The number of benzene rings is 1. The molecule has 1 aromatic rings. The summed E-state index contributed by atoms with van der Waals surface area (Å²) in [7, 11) is 0. The number of hydrogen-bond acceptors (Lipinski definition) is 2. The molecule has 0 bridgehead atoms. The van der Waals surface area contributed by atoms with Crippen LogP contribution in [0.15, 0.2) is 18.2 Å². The van der Waals surface area contributed by atoms with Crippen LogP contribution in [0.1, 0.15) is 69.1 Å². The molecule has 1 aromatic carbocycles. The Morgan fingerprint density at radius 1 is 1.20 bits per heavy atom. The topological polar surface area (TPSA) is 29.1 Å². The maximum absolute atomic E-state index is 12.5. The highest BCUT2D eigenvalue weighted by Gasteiger charge is 2.24. The maximum Gasteiger partial charge on any atom is 0.154 e. The Balaban J connectivity index is 2.30. The van der Waals surface area contributed by atoms with Crippen molar-refractivity contribution >= 4 is 5.78 Å². The van der Waals surface area contributed by atoms with Gasteiger partial charge >= 0.3 is 0 Å². The van der Waals surface area contributed by atoms with E-state index in [0.29, 0.717) is 24.0 Å². The Morgan fingerprint density at radius 2 is 1.80 bits per heavy atom. The Kier molecular flexibility index (Phi) is 4.98. The first kappa shape index (κ1) is 15.2. The molecule has 20 heavy (non-hydrogen) atoms. The number of Topliss-reactive ketones (excluding diaryl/α,β-unsaturated/α-hetero) is 1. The summed E-state index contributed by atoms with van der Waals surface area (Å²) in [5.74, 6) is 1.29. The summed E-state index contributed by atoms with van der Waals surface area (Å²) in [4.78, 5) is 12.5. The maximum atomic E-state index is 12.5. The van der Waals surface area contributed by atoms with Gasteiger partial charge in [-0.3, -0.25) is 4.79 Å². The number of carbonyl (C=O) groups is 1. The molecular formula is C18H27NO. The predicted molar refractivity (Wildman–Crippen MR) is 84.4 cm³/mol. The molecule has 1 aliphatic heterocycles. The van der Waals surface area contributed by atoms with E-state index in [4.69, 9.17) is 0 Å². The minimum Gasteiger partial charge on any atom is -0.307 e. The van der Waals surface area contributed by atoms with Crippen LogP contribution in [0.3, 0.4) is 0 Å². The van der Waals surface area contributed by atoms with Gasteiger partial charge in [0.1, 0.15) is 0 Å². The fourth-order valence-electron chi connectivity index (χ4n) is 3.17. The zero-order valence-electron chi connectivity index (χ0n) is 13.2. The summed E-state index contributed by atoms with van der Waals surface area (Å²) in [6.07, 6.45) is 2.71. The van der Waals surface area contributed by atoms with Crippen molar-refractivity contribution in [2.45, 2.75) is 64.8 Å². The van der Waals surface area contributed by atoms with E-state index in [1.165, 1.54) is 16.7 Å². The molecule has 1 fully saturated rings. The molecule has 0 aliphatic carbocycles. The molecule has 0 saturated carbocycles. The highest BCUT2D eigenvalue weighted by atomic mass is 16.1. The van der Waals surface area contributed by atoms with Crippen LogP contribution in [-0.2, 0) is 11.2 Å². The number of rotatable bonds is 5. The third kappa shape index (κ3) is 3.29. The minimum absolute atomic E-state index is 0.0789. The monoisotopic (exact) mass is 273 g/mol. The van der Waals surface area contributed by atoms with Crippen molar-refractivity contribution in [3.8, 4) is 0 Å². The van der Waals surface area contributed by atoms with Crippen LogP contribution in [0.2, 0.25) is 0 Å². The van der Waals surface area contributed by atoms with Gasteiger partial charge in [-0.05, 0) is 47.9 Å². The zero-order valence-corrected chi connectivity index (χ0v) is 13.2. The molecule has 1 atom stereocenters. The predicted octanol–water partition coefficient (Wildman–Crippen LogP) is 3.80. The SMILES string of the molecule is CC(C)c1cccc(C(C)C)c1CC(=O)C1CCCN1. The van der Waals surface area contributed by atoms with E-state index in [2.05, 4.69) is 51.2 Å². The van der Waals surface area contributed by atoms with Gasteiger partial charge in [-0.25, -0.2) is 0 Å². The smallest absolute Gasteiger partial charge is 0.154 e. The quantitative estimate of drug-likeness (QED) is 0.884. The first-order chi connectivity index (χ1) is 9.50. The largest absolute Gasteiger partial charge is 0.307 e. The second kappa shape index (κ2) is 6.53. The first-order valence-electron chi connectivity index (χ1n) is 7.88. The van der Waals surface area contributed by atoms with Gasteiger partial charge in [0.15, 0.2) is 5.78 Å². The van der Waals surface area contributed by atoms with Gasteiger partial charge in [0.05, 0.1) is 6.04 Å². The summed E-state index contributed by atoms with van der Waals surface area (Å²) < 4.78 is 0. The van der Waals surface area contributed by atoms with Crippen LogP contribution in [0.4, 0.5) is 0 Å². The molecule has 0 spiro atoms. The summed E-state index contributed by atoms with van der Waals surface area (Å²) in [6, 6.07) is 6.57. The van der Waals surface area contributed by atoms with Crippen LogP contribution in [0, 0.1) is 0 Å². The molecule has 0 aromatic heterocycles. The average Bonchev–Trinajstić information content (AvgIpc) is 2.92. The van der Waals surface area contributed by atoms with Gasteiger partial charge in [-0.2, -0.15) is 0 Å². The van der Waals surface area contributed by atoms with Crippen molar-refractivity contribution in [3.05, 3.63) is 34.9 Å². The minimum atomic E-state index is 0.0789. The number of carbonyl (C=O) groups excluding carboxylic acids is 1. The molecule has 2 nitrogen and oxygen atoms in total. The molecule has 2 heteroatoms. The van der Waals surface area contributed by atoms with Crippen molar-refractivity contribution < 1.29 is 4.79 Å². The average molecular weight is 273 g/mol. The molecule has 1 N–H and O–H groups in total. The lowest BCUT2D eigenvalue weighted by atomic mass is 9.85. The van der Waals surface area contributed by atoms with Gasteiger partial charge < -0.3 is 5.32 Å². The lowest BCUT2D eigenvalue weighted by Gasteiger charge is -2.20. The Labute approximate surface area is 123 Å². The molecule has 1 heterocycles. The molecule has 1 aliphatic rings. The van der Waals surface area contributed by atoms with E-state index in [1.807, 2.05) is 0 Å². The Bertz CT molecular complexity index is 444. The van der Waals surface area contributed by atoms with E-state index in [-0.39, 0.29) is 6.04 Å². The Hall–Kier alpha value is -1.15. The molecule has 110 valence electrons. The molecule has 2 rings (SSSR count). The van der Waals surface area contributed by atoms with Crippen molar-refractivity contribution in [1.29, 1.82) is 0 Å². The second-order valence-electron chi connectivity index (χ2n) is 6.52. The van der Waals surface area contributed by atoms with Gasteiger partial charge in [-0.15, -0.1) is 0 Å². The van der Waals surface area contributed by atoms with E-state index in [9.17, 15) is 4.79 Å². The van der Waals surface area contributed by atoms with E-state index in [1.54, 1.807) is 0 Å². The zero-order chi connectivity index (χ0) is 14.7. The highest BCUT2D eigenvalue weighted by Crippen LogP contribution is 2.28. The molecular weight excluding hydrogens is 246 g/mol. The standard InChI is InChI=1S/C18H27NO/c1-12(2)14-7-5-8-15(13(3)4)16(14)11-18(20)17-9-6-10-19-17/h5,7-8,12-13,17,19H,6,9-11H2,1-4H3. The van der Waals surface area contributed by atoms with Crippen LogP contribution < -0.4 is 5.32 Å². The van der Waals surface area contributed by atoms with Gasteiger partial charge in [0.2, 0.25) is 0 Å². The van der Waals surface area contributed by atoms with Crippen molar-refractivity contribution in [3.63, 3.8) is 0 Å². The third-order valence-corrected chi connectivity index (χ3v) is 4.29. The molecule has 1 unspecified atom stereocenters. The van der Waals surface area contributed by atoms with Crippen molar-refractivity contribution in [1.82, 2.24) is 5.32 Å². The fraction of sp³-hybridized carbons (Fsp3) is 0.611. The second-order valence-corrected chi connectivity index (χ2v) is 6.52. The number of hydrogen-bond donors (Lipinski definition) is 1. The van der Waals surface area contributed by atoms with Crippen LogP contribution in [0.25, 0.3) is 0 Å².